The Kier molecular flexibility index (Phi) is 6.56. The molecule has 0 saturated heterocycles. The number of ether oxygens (including phenoxy) is 1. The molecule has 0 radical (unpaired) electrons. The summed E-state index contributed by atoms with van der Waals surface area (Å²) < 4.78 is 5.15. The first kappa shape index (κ1) is 16.0. The standard InChI is InChI=1S/C16H21N3O/c1-13(15-6-8-16(20-3)9-7-15)19(2)12-14(11-18)5-4-10-17/h6-9,13-14H,4-5,12H2,1-3H3/t13-,14+/m1/s1. The van der Waals surface area contributed by atoms with E-state index < -0.39 is 0 Å². The van der Waals surface area contributed by atoms with Crippen molar-refractivity contribution in [2.45, 2.75) is 25.8 Å². The van der Waals surface area contributed by atoms with Crippen LogP contribution in [0.5, 0.6) is 5.75 Å². The molecule has 2 atom stereocenters. The highest BCUT2D eigenvalue weighted by Crippen LogP contribution is 2.22. The number of methoxy groups -OCH3 is 1. The maximum Gasteiger partial charge on any atom is 0.118 e. The van der Waals surface area contributed by atoms with E-state index in [1.54, 1.807) is 7.11 Å². The fourth-order valence-electron chi connectivity index (χ4n) is 2.08. The van der Waals surface area contributed by atoms with Gasteiger partial charge in [-0.1, -0.05) is 12.1 Å². The smallest absolute Gasteiger partial charge is 0.118 e. The summed E-state index contributed by atoms with van der Waals surface area (Å²) in [6.45, 7) is 2.78. The number of nitriles is 2. The molecule has 4 heteroatoms. The molecule has 0 heterocycles. The molecule has 0 spiro atoms. The highest BCUT2D eigenvalue weighted by molar-refractivity contribution is 5.28. The van der Waals surface area contributed by atoms with Gasteiger partial charge in [-0.3, -0.25) is 4.90 Å². The second kappa shape index (κ2) is 8.19. The van der Waals surface area contributed by atoms with Gasteiger partial charge < -0.3 is 4.74 Å². The first-order valence-corrected chi connectivity index (χ1v) is 6.73. The van der Waals surface area contributed by atoms with E-state index in [0.29, 0.717) is 19.4 Å². The molecule has 0 saturated carbocycles. The highest BCUT2D eigenvalue weighted by atomic mass is 16.5. The van der Waals surface area contributed by atoms with Gasteiger partial charge in [-0.2, -0.15) is 10.5 Å². The van der Waals surface area contributed by atoms with Crippen LogP contribution in [0.25, 0.3) is 0 Å². The van der Waals surface area contributed by atoms with Crippen molar-refractivity contribution in [3.63, 3.8) is 0 Å². The van der Waals surface area contributed by atoms with Gasteiger partial charge in [0.2, 0.25) is 0 Å². The van der Waals surface area contributed by atoms with Crippen LogP contribution in [0.1, 0.15) is 31.4 Å². The molecule has 0 bridgehead atoms. The first-order chi connectivity index (χ1) is 9.62. The minimum Gasteiger partial charge on any atom is -0.497 e. The Hall–Kier alpha value is -2.04. The van der Waals surface area contributed by atoms with E-state index in [-0.39, 0.29) is 12.0 Å². The van der Waals surface area contributed by atoms with Gasteiger partial charge in [0.25, 0.3) is 0 Å². The third-order valence-corrected chi connectivity index (χ3v) is 3.55. The Morgan fingerprint density at radius 2 is 1.90 bits per heavy atom. The number of benzene rings is 1. The second-order valence-electron chi connectivity index (χ2n) is 4.91. The van der Waals surface area contributed by atoms with Crippen LogP contribution in [0.3, 0.4) is 0 Å². The zero-order valence-corrected chi connectivity index (χ0v) is 12.3. The van der Waals surface area contributed by atoms with E-state index in [0.717, 1.165) is 5.75 Å². The van der Waals surface area contributed by atoms with E-state index >= 15 is 0 Å². The monoisotopic (exact) mass is 271 g/mol. The van der Waals surface area contributed by atoms with Crippen LogP contribution in [0, 0.1) is 28.6 Å². The van der Waals surface area contributed by atoms with Gasteiger partial charge in [-0.25, -0.2) is 0 Å². The van der Waals surface area contributed by atoms with Gasteiger partial charge in [-0.15, -0.1) is 0 Å². The predicted octanol–water partition coefficient (Wildman–Crippen LogP) is 3.13. The summed E-state index contributed by atoms with van der Waals surface area (Å²) >= 11 is 0. The molecular weight excluding hydrogens is 250 g/mol. The third kappa shape index (κ3) is 4.57. The summed E-state index contributed by atoms with van der Waals surface area (Å²) in [5.41, 5.74) is 1.19. The van der Waals surface area contributed by atoms with Gasteiger partial charge in [-0.05, 0) is 38.1 Å². The first-order valence-electron chi connectivity index (χ1n) is 6.73. The zero-order valence-electron chi connectivity index (χ0n) is 12.3. The van der Waals surface area contributed by atoms with Crippen LogP contribution in [-0.4, -0.2) is 25.6 Å². The summed E-state index contributed by atoms with van der Waals surface area (Å²) in [6, 6.07) is 12.6. The maximum absolute atomic E-state index is 9.12. The molecule has 0 aliphatic rings. The molecular formula is C16H21N3O. The topological polar surface area (TPSA) is 60.0 Å². The van der Waals surface area contributed by atoms with E-state index in [1.807, 2.05) is 31.3 Å². The minimum atomic E-state index is -0.0969. The van der Waals surface area contributed by atoms with Crippen molar-refractivity contribution in [3.8, 4) is 17.9 Å². The Morgan fingerprint density at radius 3 is 2.40 bits per heavy atom. The molecule has 1 aromatic rings. The molecule has 1 rings (SSSR count). The zero-order chi connectivity index (χ0) is 15.0. The SMILES string of the molecule is COc1ccc([C@@H](C)N(C)C[C@H](C#N)CCC#N)cc1. The lowest BCUT2D eigenvalue weighted by Crippen LogP contribution is -2.28. The lowest BCUT2D eigenvalue weighted by molar-refractivity contribution is 0.235. The average Bonchev–Trinajstić information content (AvgIpc) is 2.50. The third-order valence-electron chi connectivity index (χ3n) is 3.55. The Bertz CT molecular complexity index is 484. The molecule has 1 aromatic carbocycles. The molecule has 4 nitrogen and oxygen atoms in total. The van der Waals surface area contributed by atoms with Gasteiger partial charge in [0.05, 0.1) is 25.2 Å². The van der Waals surface area contributed by atoms with Crippen LogP contribution in [0.4, 0.5) is 0 Å². The van der Waals surface area contributed by atoms with Crippen LogP contribution in [0.2, 0.25) is 0 Å². The summed E-state index contributed by atoms with van der Waals surface area (Å²) in [7, 11) is 3.66. The summed E-state index contributed by atoms with van der Waals surface area (Å²) in [5.74, 6) is 0.743. The Labute approximate surface area is 121 Å². The summed E-state index contributed by atoms with van der Waals surface area (Å²) in [4.78, 5) is 2.15. The Morgan fingerprint density at radius 1 is 1.25 bits per heavy atom. The number of nitrogens with zero attached hydrogens (tertiary/aromatic N) is 3. The molecule has 106 valence electrons. The Balaban J connectivity index is 2.63. The summed E-state index contributed by atoms with van der Waals surface area (Å²) in [5, 5.41) is 17.7. The van der Waals surface area contributed by atoms with Crippen molar-refractivity contribution < 1.29 is 4.74 Å². The molecule has 20 heavy (non-hydrogen) atoms. The molecule has 0 aromatic heterocycles. The molecule has 0 N–H and O–H groups in total. The van der Waals surface area contributed by atoms with Crippen LogP contribution >= 0.6 is 0 Å². The van der Waals surface area contributed by atoms with Crippen LogP contribution in [-0.2, 0) is 0 Å². The van der Waals surface area contributed by atoms with E-state index in [1.165, 1.54) is 5.56 Å². The van der Waals surface area contributed by atoms with Gasteiger partial charge >= 0.3 is 0 Å². The van der Waals surface area contributed by atoms with Crippen LogP contribution < -0.4 is 4.74 Å². The van der Waals surface area contributed by atoms with Crippen molar-refractivity contribution in [1.29, 1.82) is 10.5 Å². The molecule has 0 fully saturated rings. The quantitative estimate of drug-likeness (QED) is 0.764. The van der Waals surface area contributed by atoms with Crippen molar-refractivity contribution in [2.75, 3.05) is 20.7 Å². The number of hydrogen-bond acceptors (Lipinski definition) is 4. The van der Waals surface area contributed by atoms with Crippen LogP contribution in [0.15, 0.2) is 24.3 Å². The van der Waals surface area contributed by atoms with Gasteiger partial charge in [0, 0.05) is 19.0 Å². The maximum atomic E-state index is 9.12. The molecule has 0 amide bonds. The highest BCUT2D eigenvalue weighted by Gasteiger charge is 2.16. The van der Waals surface area contributed by atoms with Gasteiger partial charge in [0.1, 0.15) is 5.75 Å². The largest absolute Gasteiger partial charge is 0.497 e. The van der Waals surface area contributed by atoms with Gasteiger partial charge in [0.15, 0.2) is 0 Å². The van der Waals surface area contributed by atoms with Crippen molar-refractivity contribution in [2.24, 2.45) is 5.92 Å². The summed E-state index contributed by atoms with van der Waals surface area (Å²) in [6.07, 6.45) is 1.07. The van der Waals surface area contributed by atoms with Crippen molar-refractivity contribution in [3.05, 3.63) is 29.8 Å². The minimum absolute atomic E-state index is 0.0969. The van der Waals surface area contributed by atoms with E-state index in [4.69, 9.17) is 15.3 Å². The lowest BCUT2D eigenvalue weighted by atomic mass is 10.0. The molecule has 0 unspecified atom stereocenters. The number of hydrogen-bond donors (Lipinski definition) is 0. The van der Waals surface area contributed by atoms with E-state index in [9.17, 15) is 0 Å². The van der Waals surface area contributed by atoms with Crippen molar-refractivity contribution >= 4 is 0 Å². The second-order valence-corrected chi connectivity index (χ2v) is 4.91. The fraction of sp³-hybridized carbons (Fsp3) is 0.500. The molecule has 0 aliphatic carbocycles. The predicted molar refractivity (Wildman–Crippen MR) is 78.0 cm³/mol. The van der Waals surface area contributed by atoms with Crippen molar-refractivity contribution in [1.82, 2.24) is 4.90 Å². The normalized spacial score (nSPS) is 13.3. The number of rotatable bonds is 7. The molecule has 0 aliphatic heterocycles. The fourth-order valence-corrected chi connectivity index (χ4v) is 2.08. The average molecular weight is 271 g/mol. The van der Waals surface area contributed by atoms with E-state index in [2.05, 4.69) is 24.0 Å². The lowest BCUT2D eigenvalue weighted by Gasteiger charge is -2.26.